The number of hydrogen-bond donors (Lipinski definition) is 1. The van der Waals surface area contributed by atoms with Gasteiger partial charge in [-0.25, -0.2) is 0 Å². The number of benzene rings is 1. The minimum absolute atomic E-state index is 0.0686. The third-order valence-corrected chi connectivity index (χ3v) is 2.38. The SMILES string of the molecule is CC[N+](C)(C(=O)O)c1ccccc1. The molecule has 0 heterocycles. The normalized spacial score (nSPS) is 14.9. The summed E-state index contributed by atoms with van der Waals surface area (Å²) in [5.41, 5.74) is 0.803. The van der Waals surface area contributed by atoms with Crippen LogP contribution in [0, 0.1) is 0 Å². The molecule has 1 aromatic rings. The molecule has 0 radical (unpaired) electrons. The van der Waals surface area contributed by atoms with Crippen molar-refractivity contribution >= 4 is 11.8 Å². The van der Waals surface area contributed by atoms with E-state index < -0.39 is 6.09 Å². The highest BCUT2D eigenvalue weighted by molar-refractivity contribution is 5.79. The minimum atomic E-state index is -0.825. The largest absolute Gasteiger partial charge is 0.518 e. The second kappa shape index (κ2) is 3.58. The molecule has 0 fully saturated rings. The van der Waals surface area contributed by atoms with Gasteiger partial charge in [-0.15, -0.1) is 0 Å². The van der Waals surface area contributed by atoms with Crippen molar-refractivity contribution in [2.45, 2.75) is 6.92 Å². The van der Waals surface area contributed by atoms with Crippen molar-refractivity contribution in [2.24, 2.45) is 0 Å². The fourth-order valence-corrected chi connectivity index (χ4v) is 1.19. The summed E-state index contributed by atoms with van der Waals surface area (Å²) in [7, 11) is 1.69. The van der Waals surface area contributed by atoms with E-state index in [-0.39, 0.29) is 4.48 Å². The zero-order valence-corrected chi connectivity index (χ0v) is 7.90. The van der Waals surface area contributed by atoms with E-state index in [1.807, 2.05) is 37.3 Å². The maximum Gasteiger partial charge on any atom is 0.518 e. The second-order valence-electron chi connectivity index (χ2n) is 3.13. The van der Waals surface area contributed by atoms with Crippen LogP contribution in [0.3, 0.4) is 0 Å². The van der Waals surface area contributed by atoms with Crippen LogP contribution in [0.1, 0.15) is 6.92 Å². The summed E-state index contributed by atoms with van der Waals surface area (Å²) >= 11 is 0. The quantitative estimate of drug-likeness (QED) is 0.709. The van der Waals surface area contributed by atoms with Gasteiger partial charge in [-0.2, -0.15) is 9.28 Å². The van der Waals surface area contributed by atoms with Crippen molar-refractivity contribution in [1.29, 1.82) is 0 Å². The molecule has 0 saturated heterocycles. The molecule has 0 spiro atoms. The number of carbonyl (C=O) groups is 1. The van der Waals surface area contributed by atoms with E-state index in [0.29, 0.717) is 6.54 Å². The zero-order valence-electron chi connectivity index (χ0n) is 7.90. The van der Waals surface area contributed by atoms with Gasteiger partial charge in [-0.3, -0.25) is 0 Å². The van der Waals surface area contributed by atoms with Gasteiger partial charge in [0.05, 0.1) is 13.6 Å². The molecule has 1 amide bonds. The van der Waals surface area contributed by atoms with Gasteiger partial charge in [0.1, 0.15) is 5.69 Å². The Balaban J connectivity index is 3.11. The van der Waals surface area contributed by atoms with E-state index in [0.717, 1.165) is 5.69 Å². The monoisotopic (exact) mass is 180 g/mol. The second-order valence-corrected chi connectivity index (χ2v) is 3.13. The number of nitrogens with zero attached hydrogens (tertiary/aromatic N) is 1. The lowest BCUT2D eigenvalue weighted by molar-refractivity contribution is 0.158. The van der Waals surface area contributed by atoms with Crippen molar-refractivity contribution in [3.05, 3.63) is 30.3 Å². The molecule has 3 nitrogen and oxygen atoms in total. The van der Waals surface area contributed by atoms with Gasteiger partial charge < -0.3 is 5.11 Å². The predicted molar refractivity (Wildman–Crippen MR) is 52.7 cm³/mol. The highest BCUT2D eigenvalue weighted by atomic mass is 16.4. The first-order valence-electron chi connectivity index (χ1n) is 4.26. The summed E-state index contributed by atoms with van der Waals surface area (Å²) in [6.07, 6.45) is -0.825. The Bertz CT molecular complexity index is 297. The average Bonchev–Trinajstić information content (AvgIpc) is 2.17. The van der Waals surface area contributed by atoms with Crippen LogP contribution in [-0.2, 0) is 0 Å². The lowest BCUT2D eigenvalue weighted by atomic mass is 10.2. The Morgan fingerprint density at radius 2 is 1.92 bits per heavy atom. The van der Waals surface area contributed by atoms with Crippen LogP contribution in [0.25, 0.3) is 0 Å². The Morgan fingerprint density at radius 1 is 1.38 bits per heavy atom. The van der Waals surface area contributed by atoms with Crippen LogP contribution in [0.15, 0.2) is 30.3 Å². The molecular formula is C10H14NO2+. The summed E-state index contributed by atoms with van der Waals surface area (Å²) in [4.78, 5) is 11.0. The number of amides is 1. The van der Waals surface area contributed by atoms with Gasteiger partial charge in [0.2, 0.25) is 0 Å². The first-order valence-corrected chi connectivity index (χ1v) is 4.26. The third kappa shape index (κ3) is 1.70. The first-order chi connectivity index (χ1) is 6.11. The molecule has 0 bridgehead atoms. The van der Waals surface area contributed by atoms with Gasteiger partial charge in [-0.1, -0.05) is 18.2 Å². The lowest BCUT2D eigenvalue weighted by Gasteiger charge is -2.25. The minimum Gasteiger partial charge on any atom is -0.435 e. The fraction of sp³-hybridized carbons (Fsp3) is 0.300. The molecule has 1 rings (SSSR count). The topological polar surface area (TPSA) is 37.3 Å². The molecule has 1 unspecified atom stereocenters. The van der Waals surface area contributed by atoms with Crippen molar-refractivity contribution in [3.8, 4) is 0 Å². The van der Waals surface area contributed by atoms with Crippen molar-refractivity contribution < 1.29 is 9.90 Å². The third-order valence-electron chi connectivity index (χ3n) is 2.38. The number of rotatable bonds is 2. The van der Waals surface area contributed by atoms with Crippen LogP contribution in [-0.4, -0.2) is 24.8 Å². The summed E-state index contributed by atoms with van der Waals surface area (Å²) in [6.45, 7) is 2.40. The van der Waals surface area contributed by atoms with Crippen molar-refractivity contribution in [2.75, 3.05) is 13.6 Å². The van der Waals surface area contributed by atoms with E-state index in [1.165, 1.54) is 0 Å². The molecule has 0 aliphatic heterocycles. The maximum absolute atomic E-state index is 11.0. The van der Waals surface area contributed by atoms with E-state index in [1.54, 1.807) is 7.05 Å². The molecule has 1 atom stereocenters. The Hall–Kier alpha value is -1.35. The number of para-hydroxylation sites is 1. The fourth-order valence-electron chi connectivity index (χ4n) is 1.19. The molecule has 0 aliphatic rings. The van der Waals surface area contributed by atoms with Crippen LogP contribution in [0.2, 0.25) is 0 Å². The van der Waals surface area contributed by atoms with Gasteiger partial charge in [0, 0.05) is 0 Å². The maximum atomic E-state index is 11.0. The van der Waals surface area contributed by atoms with Gasteiger partial charge in [-0.05, 0) is 19.1 Å². The predicted octanol–water partition coefficient (Wildman–Crippen LogP) is 2.32. The molecule has 1 aromatic carbocycles. The summed E-state index contributed by atoms with van der Waals surface area (Å²) in [5.74, 6) is 0. The molecule has 70 valence electrons. The zero-order chi connectivity index (χ0) is 9.90. The molecule has 0 aromatic heterocycles. The van der Waals surface area contributed by atoms with Gasteiger partial charge in [0.25, 0.3) is 0 Å². The van der Waals surface area contributed by atoms with E-state index >= 15 is 0 Å². The van der Waals surface area contributed by atoms with Gasteiger partial charge >= 0.3 is 6.09 Å². The number of quaternary nitrogens is 1. The van der Waals surface area contributed by atoms with E-state index in [4.69, 9.17) is 5.11 Å². The highest BCUT2D eigenvalue weighted by Gasteiger charge is 2.31. The van der Waals surface area contributed by atoms with Crippen LogP contribution in [0.4, 0.5) is 10.5 Å². The van der Waals surface area contributed by atoms with Crippen molar-refractivity contribution in [3.63, 3.8) is 0 Å². The number of carboxylic acid groups (broad SMARTS) is 1. The smallest absolute Gasteiger partial charge is 0.435 e. The Kier molecular flexibility index (Phi) is 2.68. The van der Waals surface area contributed by atoms with Crippen molar-refractivity contribution in [1.82, 2.24) is 4.48 Å². The highest BCUT2D eigenvalue weighted by Crippen LogP contribution is 2.19. The number of hydrogen-bond acceptors (Lipinski definition) is 1. The Labute approximate surface area is 77.8 Å². The lowest BCUT2D eigenvalue weighted by Crippen LogP contribution is -2.49. The van der Waals surface area contributed by atoms with Crippen LogP contribution >= 0.6 is 0 Å². The molecule has 13 heavy (non-hydrogen) atoms. The molecule has 3 heteroatoms. The van der Waals surface area contributed by atoms with Gasteiger partial charge in [0.15, 0.2) is 0 Å². The summed E-state index contributed by atoms with van der Waals surface area (Å²) in [5, 5.41) is 9.06. The van der Waals surface area contributed by atoms with Crippen LogP contribution < -0.4 is 4.48 Å². The average molecular weight is 180 g/mol. The van der Waals surface area contributed by atoms with E-state index in [9.17, 15) is 4.79 Å². The first kappa shape index (κ1) is 9.74. The molecule has 1 N–H and O–H groups in total. The molecule has 0 aliphatic carbocycles. The standard InChI is InChI=1S/C10H13NO2/c1-3-11(2,10(12)13)9-7-5-4-6-8-9/h4-8H,3H2,1-2H3/p+1. The van der Waals surface area contributed by atoms with Crippen LogP contribution in [0.5, 0.6) is 0 Å². The summed E-state index contributed by atoms with van der Waals surface area (Å²) in [6, 6.07) is 9.25. The van der Waals surface area contributed by atoms with E-state index in [2.05, 4.69) is 0 Å². The Morgan fingerprint density at radius 3 is 2.31 bits per heavy atom. The summed E-state index contributed by atoms with van der Waals surface area (Å²) < 4.78 is -0.0686. The molecular weight excluding hydrogens is 166 g/mol. The molecule has 0 saturated carbocycles.